The van der Waals surface area contributed by atoms with Crippen molar-refractivity contribution >= 4 is 5.69 Å². The van der Waals surface area contributed by atoms with Crippen LogP contribution in [0.15, 0.2) is 0 Å². The number of rotatable bonds is 2. The van der Waals surface area contributed by atoms with E-state index in [-0.39, 0.29) is 5.56 Å². The predicted molar refractivity (Wildman–Crippen MR) is 50.2 cm³/mol. The Bertz CT molecular complexity index is 364. The van der Waals surface area contributed by atoms with Crippen LogP contribution < -0.4 is 15.6 Å². The maximum Gasteiger partial charge on any atom is 0.203 e. The van der Waals surface area contributed by atoms with E-state index < -0.39 is 28.9 Å². The fourth-order valence-electron chi connectivity index (χ4n) is 1.29. The summed E-state index contributed by atoms with van der Waals surface area (Å²) in [6.45, 7) is 1.28. The van der Waals surface area contributed by atoms with Crippen LogP contribution in [0.2, 0.25) is 0 Å². The van der Waals surface area contributed by atoms with Gasteiger partial charge >= 0.3 is 0 Å². The largest absolute Gasteiger partial charge is 0.493 e. The highest BCUT2D eigenvalue weighted by atomic mass is 19.2. The number of anilines is 1. The van der Waals surface area contributed by atoms with Gasteiger partial charge in [-0.1, -0.05) is 0 Å². The van der Waals surface area contributed by atoms with Crippen LogP contribution in [0.5, 0.6) is 5.75 Å². The van der Waals surface area contributed by atoms with Gasteiger partial charge in [0.25, 0.3) is 0 Å². The van der Waals surface area contributed by atoms with Crippen molar-refractivity contribution in [3.8, 4) is 5.75 Å². The summed E-state index contributed by atoms with van der Waals surface area (Å²) in [5.41, 5.74) is -0.741. The summed E-state index contributed by atoms with van der Waals surface area (Å²) in [4.78, 5) is 0. The number of methoxy groups -OCH3 is 1. The van der Waals surface area contributed by atoms with Crippen LogP contribution in [0.3, 0.4) is 0 Å². The summed E-state index contributed by atoms with van der Waals surface area (Å²) in [6.07, 6.45) is 0. The SMILES string of the molecule is COc1c(C)c(F)c(N(C)N)c(F)c1F. The van der Waals surface area contributed by atoms with Crippen LogP contribution in [0.1, 0.15) is 5.56 Å². The standard InChI is InChI=1S/C9H11F3N2O/c1-4-5(10)8(14(2)13)6(11)7(12)9(4)15-3/h13H2,1-3H3. The van der Waals surface area contributed by atoms with Crippen LogP contribution in [-0.2, 0) is 0 Å². The maximum atomic E-state index is 13.5. The van der Waals surface area contributed by atoms with E-state index in [0.29, 0.717) is 5.01 Å². The number of hydrogen-bond acceptors (Lipinski definition) is 3. The summed E-state index contributed by atoms with van der Waals surface area (Å²) < 4.78 is 44.7. The number of hydrazine groups is 1. The Morgan fingerprint density at radius 1 is 1.13 bits per heavy atom. The molecule has 3 nitrogen and oxygen atoms in total. The second kappa shape index (κ2) is 3.98. The van der Waals surface area contributed by atoms with E-state index in [0.717, 1.165) is 7.11 Å². The molecule has 0 aliphatic heterocycles. The lowest BCUT2D eigenvalue weighted by molar-refractivity contribution is 0.363. The average molecular weight is 220 g/mol. The van der Waals surface area contributed by atoms with Gasteiger partial charge in [-0.25, -0.2) is 14.6 Å². The number of halogens is 3. The first-order chi connectivity index (χ1) is 6.91. The zero-order valence-electron chi connectivity index (χ0n) is 8.57. The topological polar surface area (TPSA) is 38.5 Å². The molecule has 0 aromatic heterocycles. The molecule has 0 saturated heterocycles. The van der Waals surface area contributed by atoms with Crippen LogP contribution in [-0.4, -0.2) is 14.2 Å². The number of hydrogen-bond donors (Lipinski definition) is 1. The molecular weight excluding hydrogens is 209 g/mol. The minimum absolute atomic E-state index is 0.122. The highest BCUT2D eigenvalue weighted by Gasteiger charge is 2.24. The second-order valence-electron chi connectivity index (χ2n) is 3.06. The predicted octanol–water partition coefficient (Wildman–Crippen LogP) is 1.73. The molecule has 0 bridgehead atoms. The molecule has 0 aliphatic carbocycles. The van der Waals surface area contributed by atoms with Crippen molar-refractivity contribution in [2.45, 2.75) is 6.92 Å². The number of benzene rings is 1. The van der Waals surface area contributed by atoms with Crippen molar-refractivity contribution in [2.24, 2.45) is 5.84 Å². The van der Waals surface area contributed by atoms with Gasteiger partial charge in [0.05, 0.1) is 7.11 Å². The van der Waals surface area contributed by atoms with Crippen molar-refractivity contribution in [1.82, 2.24) is 0 Å². The van der Waals surface area contributed by atoms with Crippen LogP contribution in [0.25, 0.3) is 0 Å². The van der Waals surface area contributed by atoms with Gasteiger partial charge in [-0.2, -0.15) is 4.39 Å². The molecule has 0 fully saturated rings. The normalized spacial score (nSPS) is 10.3. The average Bonchev–Trinajstić information content (AvgIpc) is 2.16. The monoisotopic (exact) mass is 220 g/mol. The van der Waals surface area contributed by atoms with E-state index in [4.69, 9.17) is 5.84 Å². The van der Waals surface area contributed by atoms with Gasteiger partial charge in [-0.05, 0) is 6.92 Å². The van der Waals surface area contributed by atoms with Crippen LogP contribution in [0.4, 0.5) is 18.9 Å². The first kappa shape index (κ1) is 11.6. The van der Waals surface area contributed by atoms with E-state index in [9.17, 15) is 13.2 Å². The third-order valence-corrected chi connectivity index (χ3v) is 2.03. The molecule has 0 saturated carbocycles. The Hall–Kier alpha value is -1.43. The molecule has 0 atom stereocenters. The van der Waals surface area contributed by atoms with E-state index in [1.165, 1.54) is 14.0 Å². The molecule has 0 aliphatic rings. The summed E-state index contributed by atoms with van der Waals surface area (Å²) >= 11 is 0. The van der Waals surface area contributed by atoms with Crippen molar-refractivity contribution < 1.29 is 17.9 Å². The molecule has 0 heterocycles. The number of ether oxygens (including phenoxy) is 1. The molecule has 1 aromatic rings. The molecule has 6 heteroatoms. The van der Waals surface area contributed by atoms with Gasteiger partial charge in [0, 0.05) is 12.6 Å². The molecule has 15 heavy (non-hydrogen) atoms. The number of nitrogens with two attached hydrogens (primary N) is 1. The Balaban J connectivity index is 3.59. The zero-order valence-corrected chi connectivity index (χ0v) is 8.57. The lowest BCUT2D eigenvalue weighted by Gasteiger charge is -2.17. The number of nitrogens with zero attached hydrogens (tertiary/aromatic N) is 1. The maximum absolute atomic E-state index is 13.5. The second-order valence-corrected chi connectivity index (χ2v) is 3.06. The third kappa shape index (κ3) is 1.72. The van der Waals surface area contributed by atoms with Crippen LogP contribution in [0, 0.1) is 24.4 Å². The van der Waals surface area contributed by atoms with E-state index in [1.54, 1.807) is 0 Å². The fraction of sp³-hybridized carbons (Fsp3) is 0.333. The third-order valence-electron chi connectivity index (χ3n) is 2.03. The summed E-state index contributed by atoms with van der Waals surface area (Å²) in [5, 5.41) is 0.681. The Morgan fingerprint density at radius 3 is 2.07 bits per heavy atom. The molecule has 0 amide bonds. The highest BCUT2D eigenvalue weighted by molar-refractivity contribution is 5.55. The van der Waals surface area contributed by atoms with Gasteiger partial charge < -0.3 is 9.75 Å². The molecule has 0 unspecified atom stereocenters. The van der Waals surface area contributed by atoms with Crippen molar-refractivity contribution in [2.75, 3.05) is 19.2 Å². The molecule has 1 rings (SSSR count). The molecule has 0 radical (unpaired) electrons. The van der Waals surface area contributed by atoms with E-state index >= 15 is 0 Å². The van der Waals surface area contributed by atoms with Gasteiger partial charge in [-0.3, -0.25) is 0 Å². The Morgan fingerprint density at radius 2 is 1.67 bits per heavy atom. The quantitative estimate of drug-likeness (QED) is 0.468. The smallest absolute Gasteiger partial charge is 0.203 e. The van der Waals surface area contributed by atoms with Crippen molar-refractivity contribution in [3.63, 3.8) is 0 Å². The first-order valence-corrected chi connectivity index (χ1v) is 4.11. The van der Waals surface area contributed by atoms with Crippen molar-refractivity contribution in [3.05, 3.63) is 23.0 Å². The summed E-state index contributed by atoms with van der Waals surface area (Å²) in [5.74, 6) is 1.20. The van der Waals surface area contributed by atoms with Crippen LogP contribution >= 0.6 is 0 Å². The van der Waals surface area contributed by atoms with Gasteiger partial charge in [0.1, 0.15) is 5.69 Å². The molecule has 84 valence electrons. The lowest BCUT2D eigenvalue weighted by atomic mass is 10.1. The van der Waals surface area contributed by atoms with Gasteiger partial charge in [0.2, 0.25) is 5.82 Å². The van der Waals surface area contributed by atoms with Gasteiger partial charge in [-0.15, -0.1) is 0 Å². The van der Waals surface area contributed by atoms with Crippen molar-refractivity contribution in [1.29, 1.82) is 0 Å². The first-order valence-electron chi connectivity index (χ1n) is 4.11. The van der Waals surface area contributed by atoms with Gasteiger partial charge in [0.15, 0.2) is 17.4 Å². The zero-order chi connectivity index (χ0) is 11.7. The molecule has 0 spiro atoms. The molecule has 2 N–H and O–H groups in total. The minimum Gasteiger partial charge on any atom is -0.493 e. The van der Waals surface area contributed by atoms with E-state index in [1.807, 2.05) is 0 Å². The summed E-state index contributed by atoms with van der Waals surface area (Å²) in [7, 11) is 2.35. The fourth-order valence-corrected chi connectivity index (χ4v) is 1.29. The van der Waals surface area contributed by atoms with E-state index in [2.05, 4.69) is 4.74 Å². The molecule has 1 aromatic carbocycles. The Labute approximate surface area is 85.2 Å². The minimum atomic E-state index is -1.36. The Kier molecular flexibility index (Phi) is 3.09. The highest BCUT2D eigenvalue weighted by Crippen LogP contribution is 2.34. The molecular formula is C9H11F3N2O. The lowest BCUT2D eigenvalue weighted by Crippen LogP contribution is -2.28. The summed E-state index contributed by atoms with van der Waals surface area (Å²) in [6, 6.07) is 0.